The lowest BCUT2D eigenvalue weighted by Crippen LogP contribution is -2.01. The molecule has 0 spiro atoms. The first-order valence-electron chi connectivity index (χ1n) is 3.43. The molecule has 60 valence electrons. The van der Waals surface area contributed by atoms with Gasteiger partial charge in [-0.3, -0.25) is 4.21 Å². The van der Waals surface area contributed by atoms with E-state index < -0.39 is 10.8 Å². The summed E-state index contributed by atoms with van der Waals surface area (Å²) in [4.78, 5) is 7.92. The molecule has 1 rings (SSSR count). The van der Waals surface area contributed by atoms with Gasteiger partial charge in [-0.25, -0.2) is 9.97 Å². The first kappa shape index (κ1) is 8.33. The molecule has 0 amide bonds. The van der Waals surface area contributed by atoms with Gasteiger partial charge in [-0.15, -0.1) is 0 Å². The lowest BCUT2D eigenvalue weighted by atomic mass is 10.6. The molecule has 0 aliphatic carbocycles. The second kappa shape index (κ2) is 4.18. The normalized spacial score (nSPS) is 12.8. The van der Waals surface area contributed by atoms with Crippen LogP contribution >= 0.6 is 0 Å². The van der Waals surface area contributed by atoms with Crippen LogP contribution in [0.4, 0.5) is 0 Å². The zero-order valence-corrected chi connectivity index (χ0v) is 7.17. The van der Waals surface area contributed by atoms with Gasteiger partial charge < -0.3 is 0 Å². The van der Waals surface area contributed by atoms with E-state index in [0.29, 0.717) is 17.3 Å². The lowest BCUT2D eigenvalue weighted by molar-refractivity contribution is 0.682. The third kappa shape index (κ3) is 2.76. The van der Waals surface area contributed by atoms with Crippen LogP contribution in [0.2, 0.25) is 0 Å². The Morgan fingerprint density at radius 1 is 1.45 bits per heavy atom. The quantitative estimate of drug-likeness (QED) is 0.672. The summed E-state index contributed by atoms with van der Waals surface area (Å²) in [5.41, 5.74) is 0. The number of nitrogens with zero attached hydrogens (tertiary/aromatic N) is 2. The van der Waals surface area contributed by atoms with Crippen molar-refractivity contribution >= 4 is 10.8 Å². The van der Waals surface area contributed by atoms with Crippen molar-refractivity contribution in [3.05, 3.63) is 24.3 Å². The van der Waals surface area contributed by atoms with Crippen LogP contribution in [0.3, 0.4) is 0 Å². The standard InChI is InChI=1S/C7H10N2OS/c1-2-11(10)6-7-8-4-3-5-9-7/h3-5H,2,6H2,1H3. The Bertz CT molecular complexity index is 237. The van der Waals surface area contributed by atoms with Gasteiger partial charge in [0.05, 0.1) is 5.75 Å². The van der Waals surface area contributed by atoms with Crippen molar-refractivity contribution < 1.29 is 4.21 Å². The van der Waals surface area contributed by atoms with Crippen molar-refractivity contribution in [2.75, 3.05) is 5.75 Å². The van der Waals surface area contributed by atoms with E-state index in [4.69, 9.17) is 0 Å². The molecule has 1 aromatic rings. The zero-order chi connectivity index (χ0) is 8.10. The summed E-state index contributed by atoms with van der Waals surface area (Å²) >= 11 is 0. The molecule has 4 heteroatoms. The average molecular weight is 170 g/mol. The second-order valence-corrected chi connectivity index (χ2v) is 3.78. The summed E-state index contributed by atoms with van der Waals surface area (Å²) in [7, 11) is -0.803. The smallest absolute Gasteiger partial charge is 0.140 e. The van der Waals surface area contributed by atoms with Crippen molar-refractivity contribution in [1.29, 1.82) is 0 Å². The highest BCUT2D eigenvalue weighted by atomic mass is 32.2. The van der Waals surface area contributed by atoms with Crippen LogP contribution < -0.4 is 0 Å². The molecule has 0 aromatic carbocycles. The second-order valence-electron chi connectivity index (χ2n) is 2.04. The molecule has 1 atom stereocenters. The van der Waals surface area contributed by atoms with Crippen molar-refractivity contribution in [3.63, 3.8) is 0 Å². The van der Waals surface area contributed by atoms with E-state index in [1.165, 1.54) is 0 Å². The van der Waals surface area contributed by atoms with Gasteiger partial charge in [0.25, 0.3) is 0 Å². The van der Waals surface area contributed by atoms with Crippen LogP contribution in [-0.2, 0) is 16.6 Å². The third-order valence-corrected chi connectivity index (χ3v) is 2.46. The van der Waals surface area contributed by atoms with Crippen molar-refractivity contribution in [1.82, 2.24) is 9.97 Å². The van der Waals surface area contributed by atoms with E-state index in [9.17, 15) is 4.21 Å². The van der Waals surface area contributed by atoms with Gasteiger partial charge in [0.15, 0.2) is 0 Å². The van der Waals surface area contributed by atoms with E-state index >= 15 is 0 Å². The number of rotatable bonds is 3. The molecular weight excluding hydrogens is 160 g/mol. The highest BCUT2D eigenvalue weighted by Crippen LogP contribution is 1.93. The van der Waals surface area contributed by atoms with E-state index in [2.05, 4.69) is 9.97 Å². The fourth-order valence-electron chi connectivity index (χ4n) is 0.651. The van der Waals surface area contributed by atoms with Gasteiger partial charge in [-0.05, 0) is 6.07 Å². The van der Waals surface area contributed by atoms with Gasteiger partial charge >= 0.3 is 0 Å². The Balaban J connectivity index is 2.58. The number of aromatic nitrogens is 2. The molecule has 0 aliphatic rings. The maximum atomic E-state index is 11.0. The molecule has 3 nitrogen and oxygen atoms in total. The molecule has 11 heavy (non-hydrogen) atoms. The highest BCUT2D eigenvalue weighted by Gasteiger charge is 1.99. The van der Waals surface area contributed by atoms with Crippen LogP contribution in [0.5, 0.6) is 0 Å². The summed E-state index contributed by atoms with van der Waals surface area (Å²) in [6.45, 7) is 1.89. The Hall–Kier alpha value is -0.770. The van der Waals surface area contributed by atoms with Crippen LogP contribution in [0, 0.1) is 0 Å². The van der Waals surface area contributed by atoms with Crippen LogP contribution in [-0.4, -0.2) is 19.9 Å². The first-order valence-corrected chi connectivity index (χ1v) is 4.92. The maximum absolute atomic E-state index is 11.0. The van der Waals surface area contributed by atoms with E-state index in [1.807, 2.05) is 6.92 Å². The van der Waals surface area contributed by atoms with Crippen molar-refractivity contribution in [2.24, 2.45) is 0 Å². The maximum Gasteiger partial charge on any atom is 0.140 e. The van der Waals surface area contributed by atoms with Gasteiger partial charge in [-0.1, -0.05) is 6.92 Å². The fourth-order valence-corrected chi connectivity index (χ4v) is 1.29. The predicted molar refractivity (Wildman–Crippen MR) is 44.4 cm³/mol. The van der Waals surface area contributed by atoms with Crippen LogP contribution in [0.1, 0.15) is 12.7 Å². The molecule has 0 aliphatic heterocycles. The minimum Gasteiger partial charge on any atom is -0.259 e. The highest BCUT2D eigenvalue weighted by molar-refractivity contribution is 7.84. The van der Waals surface area contributed by atoms with Gasteiger partial charge in [0, 0.05) is 28.9 Å². The minimum absolute atomic E-state index is 0.470. The van der Waals surface area contributed by atoms with Crippen LogP contribution in [0.15, 0.2) is 18.5 Å². The number of hydrogen-bond acceptors (Lipinski definition) is 3. The summed E-state index contributed by atoms with van der Waals surface area (Å²) in [5.74, 6) is 1.79. The molecule has 1 heterocycles. The zero-order valence-electron chi connectivity index (χ0n) is 6.36. The van der Waals surface area contributed by atoms with Crippen molar-refractivity contribution in [2.45, 2.75) is 12.7 Å². The van der Waals surface area contributed by atoms with Gasteiger partial charge in [0.2, 0.25) is 0 Å². The SMILES string of the molecule is CCS(=O)Cc1ncccn1. The molecule has 1 aromatic heterocycles. The van der Waals surface area contributed by atoms with E-state index in [0.717, 1.165) is 0 Å². The molecule has 0 radical (unpaired) electrons. The van der Waals surface area contributed by atoms with Gasteiger partial charge in [-0.2, -0.15) is 0 Å². The molecule has 0 saturated heterocycles. The molecular formula is C7H10N2OS. The fraction of sp³-hybridized carbons (Fsp3) is 0.429. The molecule has 0 bridgehead atoms. The molecule has 1 unspecified atom stereocenters. The molecule has 0 fully saturated rings. The molecule has 0 N–H and O–H groups in total. The summed E-state index contributed by atoms with van der Waals surface area (Å²) in [6, 6.07) is 1.75. The summed E-state index contributed by atoms with van der Waals surface area (Å²) in [5, 5.41) is 0. The third-order valence-electron chi connectivity index (χ3n) is 1.23. The van der Waals surface area contributed by atoms with Crippen LogP contribution in [0.25, 0.3) is 0 Å². The average Bonchev–Trinajstić information content (AvgIpc) is 2.06. The first-order chi connectivity index (χ1) is 5.33. The van der Waals surface area contributed by atoms with E-state index in [1.54, 1.807) is 18.5 Å². The minimum atomic E-state index is -0.803. The summed E-state index contributed by atoms with van der Waals surface area (Å²) < 4.78 is 11.0. The summed E-state index contributed by atoms with van der Waals surface area (Å²) in [6.07, 6.45) is 3.32. The molecule has 0 saturated carbocycles. The largest absolute Gasteiger partial charge is 0.259 e. The predicted octanol–water partition coefficient (Wildman–Crippen LogP) is 0.745. The Labute approximate surface area is 68.3 Å². The number of hydrogen-bond donors (Lipinski definition) is 0. The topological polar surface area (TPSA) is 42.9 Å². The van der Waals surface area contributed by atoms with Gasteiger partial charge in [0.1, 0.15) is 5.82 Å². The van der Waals surface area contributed by atoms with Crippen molar-refractivity contribution in [3.8, 4) is 0 Å². The monoisotopic (exact) mass is 170 g/mol. The van der Waals surface area contributed by atoms with E-state index in [-0.39, 0.29) is 0 Å². The lowest BCUT2D eigenvalue weighted by Gasteiger charge is -1.95. The Morgan fingerprint density at radius 3 is 2.64 bits per heavy atom. The Morgan fingerprint density at radius 2 is 2.09 bits per heavy atom. The Kier molecular flexibility index (Phi) is 3.16.